The molecule has 16 heavy (non-hydrogen) atoms. The van der Waals surface area contributed by atoms with Crippen molar-refractivity contribution in [3.8, 4) is 0 Å². The summed E-state index contributed by atoms with van der Waals surface area (Å²) in [7, 11) is 0. The summed E-state index contributed by atoms with van der Waals surface area (Å²) in [5.74, 6) is 0. The van der Waals surface area contributed by atoms with Crippen molar-refractivity contribution >= 4 is 23.0 Å². The molecule has 86 valence electrons. The largest absolute Gasteiger partial charge is 0.377 e. The second kappa shape index (κ2) is 4.44. The number of ether oxygens (including phenoxy) is 1. The zero-order valence-electron chi connectivity index (χ0n) is 9.51. The van der Waals surface area contributed by atoms with Gasteiger partial charge in [0.05, 0.1) is 29.8 Å². The number of hydrogen-bond donors (Lipinski definition) is 2. The minimum Gasteiger partial charge on any atom is -0.377 e. The van der Waals surface area contributed by atoms with Crippen LogP contribution < -0.4 is 10.7 Å². The zero-order valence-corrected chi connectivity index (χ0v) is 10.3. The molecule has 0 radical (unpaired) electrons. The van der Waals surface area contributed by atoms with E-state index in [4.69, 9.17) is 21.7 Å². The lowest BCUT2D eigenvalue weighted by Gasteiger charge is -2.28. The fourth-order valence-electron chi connectivity index (χ4n) is 1.80. The highest BCUT2D eigenvalue weighted by atomic mass is 35.5. The fraction of sp³-hybridized carbons (Fsp3) is 0.417. The van der Waals surface area contributed by atoms with Crippen LogP contribution in [-0.4, -0.2) is 25.0 Å². The average molecular weight is 240 g/mol. The Balaban J connectivity index is 2.35. The van der Waals surface area contributed by atoms with Crippen molar-refractivity contribution in [2.45, 2.75) is 19.9 Å². The maximum absolute atomic E-state index is 6.20. The van der Waals surface area contributed by atoms with Gasteiger partial charge in [-0.2, -0.15) is 0 Å². The standard InChI is InChI=1S/C12H15ClN2O/c1-7-3-10(13)12(8(2)14)11(4-7)15-9-5-16-6-9/h3-4,9,14-15H,5-6H2,1-2H3/p+1. The third-order valence-electron chi connectivity index (χ3n) is 2.63. The molecule has 1 aliphatic heterocycles. The van der Waals surface area contributed by atoms with E-state index in [9.17, 15) is 0 Å². The van der Waals surface area contributed by atoms with E-state index in [0.29, 0.717) is 11.1 Å². The smallest absolute Gasteiger partial charge is 0.180 e. The molecular formula is C12H16ClN2O+. The summed E-state index contributed by atoms with van der Waals surface area (Å²) in [5, 5.41) is 9.96. The van der Waals surface area contributed by atoms with E-state index in [2.05, 4.69) is 11.4 Å². The Hall–Kier alpha value is -1.06. The third kappa shape index (κ3) is 2.20. The molecule has 0 aromatic heterocycles. The number of nitrogens with two attached hydrogens (primary N) is 1. The molecule has 3 nitrogen and oxygen atoms in total. The number of rotatable bonds is 3. The summed E-state index contributed by atoms with van der Waals surface area (Å²) in [4.78, 5) is 0. The summed E-state index contributed by atoms with van der Waals surface area (Å²) in [6.45, 7) is 5.37. The van der Waals surface area contributed by atoms with E-state index in [-0.39, 0.29) is 0 Å². The normalized spacial score (nSPS) is 15.7. The Morgan fingerprint density at radius 2 is 2.19 bits per heavy atom. The van der Waals surface area contributed by atoms with Crippen LogP contribution in [-0.2, 0) is 4.74 Å². The first-order valence-corrected chi connectivity index (χ1v) is 5.69. The average Bonchev–Trinajstić information content (AvgIpc) is 2.09. The lowest BCUT2D eigenvalue weighted by Crippen LogP contribution is -2.42. The topological polar surface area (TPSA) is 46.8 Å². The summed E-state index contributed by atoms with van der Waals surface area (Å²) < 4.78 is 5.13. The van der Waals surface area contributed by atoms with Gasteiger partial charge in [-0.05, 0) is 24.6 Å². The van der Waals surface area contributed by atoms with E-state index in [0.717, 1.165) is 35.7 Å². The van der Waals surface area contributed by atoms with Crippen LogP contribution in [0.1, 0.15) is 18.1 Å². The fourth-order valence-corrected chi connectivity index (χ4v) is 2.22. The third-order valence-corrected chi connectivity index (χ3v) is 2.92. The van der Waals surface area contributed by atoms with Gasteiger partial charge >= 0.3 is 0 Å². The van der Waals surface area contributed by atoms with Gasteiger partial charge in [-0.25, -0.2) is 0 Å². The Kier molecular flexibility index (Phi) is 3.17. The Bertz CT molecular complexity index is 427. The zero-order chi connectivity index (χ0) is 11.7. The molecule has 0 saturated carbocycles. The minimum absolute atomic E-state index is 0.371. The monoisotopic (exact) mass is 239 g/mol. The molecule has 0 unspecified atom stereocenters. The molecule has 0 bridgehead atoms. The van der Waals surface area contributed by atoms with E-state index < -0.39 is 0 Å². The number of hydrogen-bond acceptors (Lipinski definition) is 2. The second-order valence-electron chi connectivity index (χ2n) is 4.23. The molecule has 3 N–H and O–H groups in total. The van der Waals surface area contributed by atoms with Crippen molar-refractivity contribution in [1.29, 1.82) is 0 Å². The number of halogens is 1. The molecule has 0 spiro atoms. The Morgan fingerprint density at radius 1 is 1.50 bits per heavy atom. The molecule has 1 aliphatic rings. The predicted octanol–water partition coefficient (Wildman–Crippen LogP) is 1.03. The highest BCUT2D eigenvalue weighted by Gasteiger charge is 2.21. The maximum atomic E-state index is 6.20. The maximum Gasteiger partial charge on any atom is 0.180 e. The van der Waals surface area contributed by atoms with E-state index in [1.807, 2.05) is 19.9 Å². The van der Waals surface area contributed by atoms with Crippen LogP contribution in [0.4, 0.5) is 5.69 Å². The van der Waals surface area contributed by atoms with Gasteiger partial charge in [-0.3, -0.25) is 5.41 Å². The number of nitrogens with one attached hydrogen (secondary N) is 1. The quantitative estimate of drug-likeness (QED) is 0.774. The van der Waals surface area contributed by atoms with Crippen LogP contribution in [0.2, 0.25) is 5.02 Å². The first kappa shape index (κ1) is 11.4. The van der Waals surface area contributed by atoms with Crippen LogP contribution >= 0.6 is 11.6 Å². The molecule has 1 saturated heterocycles. The predicted molar refractivity (Wildman–Crippen MR) is 66.1 cm³/mol. The van der Waals surface area contributed by atoms with Gasteiger partial charge in [0.1, 0.15) is 0 Å². The summed E-state index contributed by atoms with van der Waals surface area (Å²) in [6.07, 6.45) is 0. The lowest BCUT2D eigenvalue weighted by atomic mass is 10.0. The second-order valence-corrected chi connectivity index (χ2v) is 4.64. The summed E-state index contributed by atoms with van der Waals surface area (Å²) in [5.41, 5.74) is 3.75. The Labute approximate surface area is 100 Å². The van der Waals surface area contributed by atoms with Gasteiger partial charge in [-0.1, -0.05) is 11.6 Å². The minimum atomic E-state index is 0.371. The summed E-state index contributed by atoms with van der Waals surface area (Å²) >= 11 is 6.20. The first-order valence-electron chi connectivity index (χ1n) is 5.31. The number of benzene rings is 1. The number of anilines is 1. The van der Waals surface area contributed by atoms with Crippen molar-refractivity contribution in [3.63, 3.8) is 0 Å². The van der Waals surface area contributed by atoms with E-state index in [1.165, 1.54) is 0 Å². The van der Waals surface area contributed by atoms with Gasteiger partial charge in [0.15, 0.2) is 5.71 Å². The highest BCUT2D eigenvalue weighted by molar-refractivity contribution is 6.34. The van der Waals surface area contributed by atoms with Gasteiger partial charge in [0, 0.05) is 12.6 Å². The van der Waals surface area contributed by atoms with Crippen molar-refractivity contribution in [2.24, 2.45) is 0 Å². The molecular weight excluding hydrogens is 224 g/mol. The van der Waals surface area contributed by atoms with Gasteiger partial charge in [0.25, 0.3) is 0 Å². The summed E-state index contributed by atoms with van der Waals surface area (Å²) in [6, 6.07) is 4.36. The van der Waals surface area contributed by atoms with E-state index in [1.54, 1.807) is 0 Å². The van der Waals surface area contributed by atoms with Crippen molar-refractivity contribution < 1.29 is 10.1 Å². The Morgan fingerprint density at radius 3 is 2.69 bits per heavy atom. The molecule has 1 fully saturated rings. The van der Waals surface area contributed by atoms with E-state index >= 15 is 0 Å². The highest BCUT2D eigenvalue weighted by Crippen LogP contribution is 2.27. The molecule has 1 aromatic rings. The van der Waals surface area contributed by atoms with Gasteiger partial charge < -0.3 is 10.1 Å². The molecule has 0 atom stereocenters. The van der Waals surface area contributed by atoms with Crippen LogP contribution in [0.5, 0.6) is 0 Å². The molecule has 1 aromatic carbocycles. The van der Waals surface area contributed by atoms with Crippen molar-refractivity contribution in [3.05, 3.63) is 28.3 Å². The number of aryl methyl sites for hydroxylation is 1. The van der Waals surface area contributed by atoms with Crippen LogP contribution in [0.3, 0.4) is 0 Å². The molecule has 4 heteroatoms. The van der Waals surface area contributed by atoms with Gasteiger partial charge in [0.2, 0.25) is 0 Å². The molecule has 1 heterocycles. The van der Waals surface area contributed by atoms with Crippen molar-refractivity contribution in [1.82, 2.24) is 0 Å². The van der Waals surface area contributed by atoms with Crippen molar-refractivity contribution in [2.75, 3.05) is 18.5 Å². The molecule has 0 aliphatic carbocycles. The van der Waals surface area contributed by atoms with Crippen LogP contribution in [0, 0.1) is 6.92 Å². The van der Waals surface area contributed by atoms with Gasteiger partial charge in [-0.15, -0.1) is 0 Å². The first-order chi connectivity index (χ1) is 7.58. The molecule has 0 amide bonds. The SMILES string of the molecule is CC(=[NH2+])c1c(Cl)cc(C)cc1NC1COC1. The van der Waals surface area contributed by atoms with Crippen LogP contribution in [0.15, 0.2) is 12.1 Å². The lowest BCUT2D eigenvalue weighted by molar-refractivity contribution is -0.113. The molecule has 2 rings (SSSR count). The van der Waals surface area contributed by atoms with Crippen LogP contribution in [0.25, 0.3) is 0 Å².